The Kier molecular flexibility index (Phi) is 6.42. The molecular weight excluding hydrogens is 430 g/mol. The van der Waals surface area contributed by atoms with Crippen LogP contribution in [0.15, 0.2) is 58.0 Å². The average Bonchev–Trinajstić information content (AvgIpc) is 3.19. The second-order valence-electron chi connectivity index (χ2n) is 8.59. The second kappa shape index (κ2) is 9.79. The lowest BCUT2D eigenvalue weighted by Gasteiger charge is -2.27. The molecule has 0 radical (unpaired) electrons. The van der Waals surface area contributed by atoms with Crippen molar-refractivity contribution in [3.63, 3.8) is 0 Å². The quantitative estimate of drug-likeness (QED) is 0.455. The third-order valence-electron chi connectivity index (χ3n) is 6.32. The molecule has 4 aromatic rings. The van der Waals surface area contributed by atoms with Crippen LogP contribution < -0.4 is 15.6 Å². The van der Waals surface area contributed by atoms with Crippen molar-refractivity contribution in [2.75, 3.05) is 39.3 Å². The minimum absolute atomic E-state index is 0.0934. The Morgan fingerprint density at radius 1 is 1.06 bits per heavy atom. The van der Waals surface area contributed by atoms with Crippen molar-refractivity contribution in [2.24, 2.45) is 0 Å². The van der Waals surface area contributed by atoms with Crippen molar-refractivity contribution >= 4 is 10.9 Å². The molecule has 1 aromatic carbocycles. The van der Waals surface area contributed by atoms with E-state index in [1.54, 1.807) is 16.8 Å². The second-order valence-corrected chi connectivity index (χ2v) is 8.59. The van der Waals surface area contributed by atoms with Crippen LogP contribution in [0.2, 0.25) is 0 Å². The first kappa shape index (κ1) is 22.3. The molecule has 0 saturated carbocycles. The summed E-state index contributed by atoms with van der Waals surface area (Å²) in [7, 11) is 0. The maximum atomic E-state index is 13.1. The summed E-state index contributed by atoms with van der Waals surface area (Å²) in [5.41, 5.74) is 3.98. The molecule has 0 atom stereocenters. The zero-order valence-electron chi connectivity index (χ0n) is 19.6. The summed E-state index contributed by atoms with van der Waals surface area (Å²) in [6.45, 7) is 9.60. The van der Waals surface area contributed by atoms with Crippen LogP contribution in [0.25, 0.3) is 22.0 Å². The number of piperazine rings is 1. The monoisotopic (exact) mass is 459 g/mol. The van der Waals surface area contributed by atoms with Crippen LogP contribution in [-0.4, -0.2) is 58.9 Å². The van der Waals surface area contributed by atoms with Gasteiger partial charge in [-0.2, -0.15) is 0 Å². The van der Waals surface area contributed by atoms with Crippen LogP contribution in [0.4, 0.5) is 0 Å². The lowest BCUT2D eigenvalue weighted by molar-refractivity contribution is 0.192. The number of benzene rings is 1. The van der Waals surface area contributed by atoms with Gasteiger partial charge in [0.1, 0.15) is 18.1 Å². The molecule has 1 aliphatic rings. The number of nitrogens with one attached hydrogen (secondary N) is 1. The molecule has 4 heterocycles. The Morgan fingerprint density at radius 2 is 1.88 bits per heavy atom. The molecule has 1 N–H and O–H groups in total. The molecule has 1 aliphatic heterocycles. The van der Waals surface area contributed by atoms with Crippen LogP contribution in [0, 0.1) is 13.8 Å². The van der Waals surface area contributed by atoms with Gasteiger partial charge in [-0.05, 0) is 49.6 Å². The third kappa shape index (κ3) is 4.47. The predicted octanol–water partition coefficient (Wildman–Crippen LogP) is 3.00. The van der Waals surface area contributed by atoms with E-state index in [1.165, 1.54) is 0 Å². The molecule has 0 amide bonds. The fourth-order valence-corrected chi connectivity index (χ4v) is 4.61. The molecule has 1 fully saturated rings. The predicted molar refractivity (Wildman–Crippen MR) is 131 cm³/mol. The van der Waals surface area contributed by atoms with E-state index in [9.17, 15) is 4.79 Å². The van der Waals surface area contributed by atoms with Gasteiger partial charge in [-0.25, -0.2) is 0 Å². The van der Waals surface area contributed by atoms with Gasteiger partial charge in [-0.1, -0.05) is 11.2 Å². The van der Waals surface area contributed by atoms with Gasteiger partial charge in [0.25, 0.3) is 5.56 Å². The number of pyridine rings is 2. The van der Waals surface area contributed by atoms with E-state index in [1.807, 2.05) is 50.2 Å². The SMILES string of the molecule is Cc1noc(C)c1-c1c(OCCN2CCNCC2)ccc2ccc(=O)n(Cc3ccccn3)c12. The van der Waals surface area contributed by atoms with E-state index in [-0.39, 0.29) is 5.56 Å². The zero-order valence-corrected chi connectivity index (χ0v) is 19.6. The van der Waals surface area contributed by atoms with E-state index >= 15 is 0 Å². The molecule has 0 bridgehead atoms. The molecule has 0 unspecified atom stereocenters. The number of rotatable bonds is 7. The van der Waals surface area contributed by atoms with Crippen LogP contribution in [0.5, 0.6) is 5.75 Å². The summed E-state index contributed by atoms with van der Waals surface area (Å²) in [5.74, 6) is 1.41. The topological polar surface area (TPSA) is 85.4 Å². The van der Waals surface area contributed by atoms with E-state index in [4.69, 9.17) is 9.26 Å². The number of aryl methyl sites for hydroxylation is 2. The highest BCUT2D eigenvalue weighted by atomic mass is 16.5. The lowest BCUT2D eigenvalue weighted by atomic mass is 9.98. The first-order valence-corrected chi connectivity index (χ1v) is 11.7. The number of hydrogen-bond acceptors (Lipinski definition) is 7. The van der Waals surface area contributed by atoms with Crippen molar-refractivity contribution in [1.29, 1.82) is 0 Å². The highest BCUT2D eigenvalue weighted by Crippen LogP contribution is 2.40. The van der Waals surface area contributed by atoms with Gasteiger partial charge in [0.15, 0.2) is 0 Å². The maximum absolute atomic E-state index is 13.1. The van der Waals surface area contributed by atoms with E-state index in [2.05, 4.69) is 20.4 Å². The first-order chi connectivity index (χ1) is 16.6. The minimum Gasteiger partial charge on any atom is -0.492 e. The van der Waals surface area contributed by atoms with Crippen molar-refractivity contribution in [1.82, 2.24) is 24.9 Å². The third-order valence-corrected chi connectivity index (χ3v) is 6.32. The van der Waals surface area contributed by atoms with Gasteiger partial charge in [0, 0.05) is 45.0 Å². The fraction of sp³-hybridized carbons (Fsp3) is 0.346. The van der Waals surface area contributed by atoms with Gasteiger partial charge >= 0.3 is 0 Å². The summed E-state index contributed by atoms with van der Waals surface area (Å²) < 4.78 is 13.7. The van der Waals surface area contributed by atoms with Crippen molar-refractivity contribution in [3.05, 3.63) is 76.2 Å². The Bertz CT molecular complexity index is 1320. The highest BCUT2D eigenvalue weighted by molar-refractivity contribution is 5.98. The molecule has 5 rings (SSSR count). The molecule has 0 aliphatic carbocycles. The van der Waals surface area contributed by atoms with Gasteiger partial charge in [0.05, 0.1) is 34.6 Å². The number of fused-ring (bicyclic) bond motifs is 1. The molecule has 34 heavy (non-hydrogen) atoms. The van der Waals surface area contributed by atoms with Crippen LogP contribution >= 0.6 is 0 Å². The summed E-state index contributed by atoms with van der Waals surface area (Å²) in [5, 5.41) is 8.51. The first-order valence-electron chi connectivity index (χ1n) is 11.7. The van der Waals surface area contributed by atoms with Gasteiger partial charge in [-0.15, -0.1) is 0 Å². The fourth-order valence-electron chi connectivity index (χ4n) is 4.61. The molecule has 1 saturated heterocycles. The molecule has 3 aromatic heterocycles. The largest absolute Gasteiger partial charge is 0.492 e. The van der Waals surface area contributed by atoms with Gasteiger partial charge in [-0.3, -0.25) is 14.7 Å². The molecular formula is C26H29N5O3. The number of nitrogens with zero attached hydrogens (tertiary/aromatic N) is 4. The summed E-state index contributed by atoms with van der Waals surface area (Å²) in [6.07, 6.45) is 1.74. The molecule has 0 spiro atoms. The van der Waals surface area contributed by atoms with E-state index in [0.29, 0.717) is 18.9 Å². The lowest BCUT2D eigenvalue weighted by Crippen LogP contribution is -2.44. The van der Waals surface area contributed by atoms with Gasteiger partial charge in [0.2, 0.25) is 0 Å². The van der Waals surface area contributed by atoms with Gasteiger partial charge < -0.3 is 19.1 Å². The summed E-state index contributed by atoms with van der Waals surface area (Å²) in [6, 6.07) is 13.2. The average molecular weight is 460 g/mol. The highest BCUT2D eigenvalue weighted by Gasteiger charge is 2.22. The Balaban J connectivity index is 1.62. The molecule has 176 valence electrons. The number of ether oxygens (including phenoxy) is 1. The van der Waals surface area contributed by atoms with E-state index in [0.717, 1.165) is 71.9 Å². The molecule has 8 heteroatoms. The van der Waals surface area contributed by atoms with Crippen molar-refractivity contribution in [2.45, 2.75) is 20.4 Å². The Hall–Kier alpha value is -3.49. The Morgan fingerprint density at radius 3 is 2.62 bits per heavy atom. The Labute approximate surface area is 198 Å². The standard InChI is InChI=1S/C26H29N5O3/c1-18-24(19(2)34-29-18)25-22(33-16-15-30-13-11-27-12-14-30)8-6-20-7-9-23(32)31(26(20)25)17-21-5-3-4-10-28-21/h3-10,27H,11-17H2,1-2H3. The maximum Gasteiger partial charge on any atom is 0.251 e. The number of aromatic nitrogens is 3. The van der Waals surface area contributed by atoms with E-state index < -0.39 is 0 Å². The van der Waals surface area contributed by atoms with Crippen molar-refractivity contribution < 1.29 is 9.26 Å². The normalized spacial score (nSPS) is 14.5. The molecule has 8 nitrogen and oxygen atoms in total. The zero-order chi connectivity index (χ0) is 23.5. The van der Waals surface area contributed by atoms with Crippen molar-refractivity contribution in [3.8, 4) is 16.9 Å². The summed E-state index contributed by atoms with van der Waals surface area (Å²) >= 11 is 0. The van der Waals surface area contributed by atoms with Crippen LogP contribution in [0.3, 0.4) is 0 Å². The minimum atomic E-state index is -0.0934. The van der Waals surface area contributed by atoms with Crippen LogP contribution in [0.1, 0.15) is 17.1 Å². The van der Waals surface area contributed by atoms with Crippen LogP contribution in [-0.2, 0) is 6.54 Å². The smallest absolute Gasteiger partial charge is 0.251 e. The summed E-state index contributed by atoms with van der Waals surface area (Å²) in [4.78, 5) is 19.9. The number of hydrogen-bond donors (Lipinski definition) is 1.